The van der Waals surface area contributed by atoms with Crippen LogP contribution in [0.3, 0.4) is 0 Å². The van der Waals surface area contributed by atoms with Crippen molar-refractivity contribution < 1.29 is 4.79 Å². The van der Waals surface area contributed by atoms with Gasteiger partial charge in [0.1, 0.15) is 5.15 Å². The zero-order valence-corrected chi connectivity index (χ0v) is 12.0. The Kier molecular flexibility index (Phi) is 4.13. The average molecular weight is 287 g/mol. The smallest absolute Gasteiger partial charge is 0.256 e. The predicted molar refractivity (Wildman–Crippen MR) is 73.2 cm³/mol. The Labute approximate surface area is 117 Å². The van der Waals surface area contributed by atoms with E-state index in [-0.39, 0.29) is 18.0 Å². The Balaban J connectivity index is 2.32. The summed E-state index contributed by atoms with van der Waals surface area (Å²) in [4.78, 5) is 18.3. The van der Waals surface area contributed by atoms with E-state index in [4.69, 9.17) is 23.2 Å². The molecule has 1 aliphatic heterocycles. The molecule has 0 N–H and O–H groups in total. The molecule has 2 atom stereocenters. The van der Waals surface area contributed by atoms with E-state index in [1.807, 2.05) is 4.90 Å². The normalized spacial score (nSPS) is 24.1. The highest BCUT2D eigenvalue weighted by Crippen LogP contribution is 2.27. The molecule has 1 fully saturated rings. The number of carbonyl (C=O) groups excluding carboxylic acids is 1. The molecule has 0 spiro atoms. The molecule has 1 aromatic rings. The van der Waals surface area contributed by atoms with Crippen molar-refractivity contribution >= 4 is 29.1 Å². The third-order valence-electron chi connectivity index (χ3n) is 3.48. The summed E-state index contributed by atoms with van der Waals surface area (Å²) in [6.07, 6.45) is 4.66. The van der Waals surface area contributed by atoms with Crippen LogP contribution in [0.1, 0.15) is 43.5 Å². The maximum Gasteiger partial charge on any atom is 0.256 e. The Hall–Kier alpha value is -0.800. The molecule has 98 valence electrons. The van der Waals surface area contributed by atoms with Gasteiger partial charge in [0.25, 0.3) is 5.91 Å². The molecule has 1 amide bonds. The highest BCUT2D eigenvalue weighted by molar-refractivity contribution is 6.35. The first kappa shape index (κ1) is 13.6. The highest BCUT2D eigenvalue weighted by atomic mass is 35.5. The van der Waals surface area contributed by atoms with Crippen LogP contribution in [-0.4, -0.2) is 27.9 Å². The topological polar surface area (TPSA) is 33.2 Å². The van der Waals surface area contributed by atoms with Crippen molar-refractivity contribution in [2.75, 3.05) is 0 Å². The van der Waals surface area contributed by atoms with Crippen LogP contribution in [0.5, 0.6) is 0 Å². The van der Waals surface area contributed by atoms with Crippen molar-refractivity contribution in [3.8, 4) is 0 Å². The number of hydrogen-bond acceptors (Lipinski definition) is 2. The van der Waals surface area contributed by atoms with Gasteiger partial charge in [0.05, 0.1) is 10.6 Å². The second-order valence-electron chi connectivity index (χ2n) is 4.83. The SMILES string of the molecule is CC1CCCC(C)N1C(=O)c1cc(Cl)ncc1Cl. The Morgan fingerprint density at radius 1 is 1.33 bits per heavy atom. The van der Waals surface area contributed by atoms with Crippen LogP contribution in [0.2, 0.25) is 10.2 Å². The van der Waals surface area contributed by atoms with Crippen LogP contribution in [0.4, 0.5) is 0 Å². The molecule has 2 unspecified atom stereocenters. The number of piperidine rings is 1. The van der Waals surface area contributed by atoms with Crippen LogP contribution in [0, 0.1) is 0 Å². The minimum absolute atomic E-state index is 0.0519. The van der Waals surface area contributed by atoms with Crippen LogP contribution in [-0.2, 0) is 0 Å². The van der Waals surface area contributed by atoms with Crippen LogP contribution in [0.25, 0.3) is 0 Å². The molecule has 3 nitrogen and oxygen atoms in total. The van der Waals surface area contributed by atoms with E-state index >= 15 is 0 Å². The lowest BCUT2D eigenvalue weighted by molar-refractivity contribution is 0.0511. The molecule has 2 rings (SSSR count). The largest absolute Gasteiger partial charge is 0.333 e. The van der Waals surface area contributed by atoms with E-state index < -0.39 is 0 Å². The van der Waals surface area contributed by atoms with Crippen molar-refractivity contribution in [2.24, 2.45) is 0 Å². The molecule has 0 bridgehead atoms. The standard InChI is InChI=1S/C13H16Cl2N2O/c1-8-4-3-5-9(2)17(8)13(18)10-6-12(15)16-7-11(10)14/h6-9H,3-5H2,1-2H3. The van der Waals surface area contributed by atoms with Gasteiger partial charge < -0.3 is 4.90 Å². The third-order valence-corrected chi connectivity index (χ3v) is 3.99. The Morgan fingerprint density at radius 2 is 1.94 bits per heavy atom. The molecule has 2 heterocycles. The monoisotopic (exact) mass is 286 g/mol. The zero-order chi connectivity index (χ0) is 13.3. The lowest BCUT2D eigenvalue weighted by Gasteiger charge is -2.39. The van der Waals surface area contributed by atoms with Crippen LogP contribution < -0.4 is 0 Å². The molecule has 0 saturated carbocycles. The molecule has 1 aliphatic rings. The lowest BCUT2D eigenvalue weighted by atomic mass is 9.96. The van der Waals surface area contributed by atoms with Crippen molar-refractivity contribution in [1.82, 2.24) is 9.88 Å². The molecule has 0 aromatic carbocycles. The summed E-state index contributed by atoms with van der Waals surface area (Å²) in [7, 11) is 0. The molecule has 0 radical (unpaired) electrons. The number of pyridine rings is 1. The summed E-state index contributed by atoms with van der Waals surface area (Å²) in [5.41, 5.74) is 0.442. The molecule has 5 heteroatoms. The molecule has 1 aromatic heterocycles. The maximum atomic E-state index is 12.5. The van der Waals surface area contributed by atoms with Gasteiger partial charge in [-0.15, -0.1) is 0 Å². The van der Waals surface area contributed by atoms with Gasteiger partial charge in [0.2, 0.25) is 0 Å². The summed E-state index contributed by atoms with van der Waals surface area (Å²) in [6.45, 7) is 4.15. The van der Waals surface area contributed by atoms with Crippen LogP contribution >= 0.6 is 23.2 Å². The van der Waals surface area contributed by atoms with Gasteiger partial charge >= 0.3 is 0 Å². The van der Waals surface area contributed by atoms with Gasteiger partial charge in [-0.05, 0) is 39.2 Å². The zero-order valence-electron chi connectivity index (χ0n) is 10.5. The van der Waals surface area contributed by atoms with Gasteiger partial charge in [-0.2, -0.15) is 0 Å². The van der Waals surface area contributed by atoms with Crippen molar-refractivity contribution in [3.63, 3.8) is 0 Å². The van der Waals surface area contributed by atoms with Crippen molar-refractivity contribution in [1.29, 1.82) is 0 Å². The van der Waals surface area contributed by atoms with Gasteiger partial charge in [-0.1, -0.05) is 23.2 Å². The number of aromatic nitrogens is 1. The summed E-state index contributed by atoms with van der Waals surface area (Å²) in [5.74, 6) is -0.0519. The quantitative estimate of drug-likeness (QED) is 0.736. The van der Waals surface area contributed by atoms with Gasteiger partial charge in [0, 0.05) is 18.3 Å². The Bertz CT molecular complexity index is 454. The summed E-state index contributed by atoms with van der Waals surface area (Å²) in [6, 6.07) is 2.02. The second kappa shape index (κ2) is 5.45. The van der Waals surface area contributed by atoms with E-state index in [1.165, 1.54) is 6.20 Å². The van der Waals surface area contributed by atoms with E-state index in [0.717, 1.165) is 19.3 Å². The van der Waals surface area contributed by atoms with E-state index in [0.29, 0.717) is 15.7 Å². The fourth-order valence-electron chi connectivity index (χ4n) is 2.54. The van der Waals surface area contributed by atoms with E-state index in [2.05, 4.69) is 18.8 Å². The summed E-state index contributed by atoms with van der Waals surface area (Å²) in [5, 5.41) is 0.648. The number of rotatable bonds is 1. The minimum Gasteiger partial charge on any atom is -0.333 e. The summed E-state index contributed by atoms with van der Waals surface area (Å²) >= 11 is 11.9. The van der Waals surface area contributed by atoms with Gasteiger partial charge in [-0.3, -0.25) is 4.79 Å². The molecule has 1 saturated heterocycles. The predicted octanol–water partition coefficient (Wildman–Crippen LogP) is 3.79. The number of hydrogen-bond donors (Lipinski definition) is 0. The number of likely N-dealkylation sites (tertiary alicyclic amines) is 1. The first-order valence-electron chi connectivity index (χ1n) is 6.14. The van der Waals surface area contributed by atoms with Crippen molar-refractivity contribution in [2.45, 2.75) is 45.2 Å². The first-order valence-corrected chi connectivity index (χ1v) is 6.90. The lowest BCUT2D eigenvalue weighted by Crippen LogP contribution is -2.47. The molecule has 18 heavy (non-hydrogen) atoms. The average Bonchev–Trinajstić information content (AvgIpc) is 2.32. The number of amides is 1. The molecular formula is C13H16Cl2N2O. The third kappa shape index (κ3) is 2.62. The fourth-order valence-corrected chi connectivity index (χ4v) is 2.88. The second-order valence-corrected chi connectivity index (χ2v) is 5.62. The fraction of sp³-hybridized carbons (Fsp3) is 0.538. The molecule has 0 aliphatic carbocycles. The number of carbonyl (C=O) groups is 1. The van der Waals surface area contributed by atoms with E-state index in [1.54, 1.807) is 6.07 Å². The minimum atomic E-state index is -0.0519. The molecular weight excluding hydrogens is 271 g/mol. The summed E-state index contributed by atoms with van der Waals surface area (Å²) < 4.78 is 0. The highest BCUT2D eigenvalue weighted by Gasteiger charge is 2.30. The number of halogens is 2. The van der Waals surface area contributed by atoms with Crippen molar-refractivity contribution in [3.05, 3.63) is 28.0 Å². The van der Waals surface area contributed by atoms with Crippen LogP contribution in [0.15, 0.2) is 12.3 Å². The van der Waals surface area contributed by atoms with Gasteiger partial charge in [0.15, 0.2) is 0 Å². The van der Waals surface area contributed by atoms with Gasteiger partial charge in [-0.25, -0.2) is 4.98 Å². The number of nitrogens with zero attached hydrogens (tertiary/aromatic N) is 2. The first-order chi connectivity index (χ1) is 8.50. The van der Waals surface area contributed by atoms with E-state index in [9.17, 15) is 4.79 Å². The maximum absolute atomic E-state index is 12.5. The Morgan fingerprint density at radius 3 is 2.56 bits per heavy atom.